The molecule has 0 saturated heterocycles. The Morgan fingerprint density at radius 2 is 0.542 bits per heavy atom. The fourth-order valence-electron chi connectivity index (χ4n) is 17.1. The van der Waals surface area contributed by atoms with Crippen LogP contribution in [-0.2, 0) is 5.41 Å². The van der Waals surface area contributed by atoms with Crippen LogP contribution in [0.4, 0.5) is 0 Å². The molecule has 144 heavy (non-hydrogen) atoms. The van der Waals surface area contributed by atoms with Gasteiger partial charge in [-0.25, -0.2) is 24.9 Å². The summed E-state index contributed by atoms with van der Waals surface area (Å²) in [7, 11) is 1.67. The molecule has 7 heterocycles. The summed E-state index contributed by atoms with van der Waals surface area (Å²) < 4.78 is 13.7. The van der Waals surface area contributed by atoms with Crippen LogP contribution in [0.2, 0.25) is 0 Å². The number of nitrogens with zero attached hydrogens (tertiary/aromatic N) is 11. The average Bonchev–Trinajstić information content (AvgIpc) is 0.790. The Hall–Kier alpha value is -18.5. The summed E-state index contributed by atoms with van der Waals surface area (Å²) in [5, 5.41) is 7.34. The van der Waals surface area contributed by atoms with Gasteiger partial charge in [-0.3, -0.25) is 51.8 Å². The van der Waals surface area contributed by atoms with Crippen molar-refractivity contribution in [2.45, 2.75) is 95.4 Å². The first-order valence-electron chi connectivity index (χ1n) is 46.9. The molecule has 0 unspecified atom stereocenters. The van der Waals surface area contributed by atoms with E-state index in [0.717, 1.165) is 144 Å². The monoisotopic (exact) mass is 1890 g/mol. The number of rotatable bonds is 6. The van der Waals surface area contributed by atoms with Gasteiger partial charge in [-0.2, -0.15) is 0 Å². The first kappa shape index (κ1) is 97.1. The minimum absolute atomic E-state index is 0.0476. The zero-order valence-electron chi connectivity index (χ0n) is 82.2. The van der Waals surface area contributed by atoms with Gasteiger partial charge in [0.05, 0.1) is 94.9 Å². The van der Waals surface area contributed by atoms with Crippen molar-refractivity contribution in [2.24, 2.45) is 0 Å². The lowest BCUT2D eigenvalue weighted by molar-refractivity contribution is 0.415. The second-order valence-corrected chi connectivity index (χ2v) is 36.6. The van der Waals surface area contributed by atoms with Crippen molar-refractivity contribution in [1.82, 2.24) is 52.7 Å². The van der Waals surface area contributed by atoms with Crippen molar-refractivity contribution in [3.63, 3.8) is 0 Å². The van der Waals surface area contributed by atoms with Gasteiger partial charge in [-0.1, -0.05) is 189 Å². The van der Waals surface area contributed by atoms with Crippen LogP contribution in [0.15, 0.2) is 369 Å². The number of para-hydroxylation sites is 5. The van der Waals surface area contributed by atoms with E-state index in [1.807, 2.05) is 366 Å². The SMILES string of the molecule is COc1ccc2cc(C#Cc3ccc(-n4c(C)nc5ccccc5c4=O)c(C)c3)ccc2c1.Cc1cc(C#Cc2ccc(C(C)(C)C)cc2)ccc1-n1c(C)nc2ccccc2c1=O.Cc1cc(C#Cc2ccccc2)ccc1-n1c(C)nc2ccccc2c1=O.Cc1cc(C#Cc2cccnc2)ccc1-n1c(C)nc2ccccc2c1=O.Cc1cc(C#Cc2cccs2)ccc1-n1c(C)nc2ccccc2c1=O. The van der Waals surface area contributed by atoms with Gasteiger partial charge in [0, 0.05) is 62.5 Å². The Kier molecular flexibility index (Phi) is 29.2. The highest BCUT2D eigenvalue weighted by Crippen LogP contribution is 2.29. The molecule has 0 fully saturated rings. The van der Waals surface area contributed by atoms with Crippen LogP contribution in [0, 0.1) is 128 Å². The van der Waals surface area contributed by atoms with Crippen molar-refractivity contribution in [1.29, 1.82) is 0 Å². The van der Waals surface area contributed by atoms with Gasteiger partial charge in [0.25, 0.3) is 27.8 Å². The first-order chi connectivity index (χ1) is 69.7. The van der Waals surface area contributed by atoms with Crippen LogP contribution >= 0.6 is 11.3 Å². The molecule has 0 radical (unpaired) electrons. The van der Waals surface area contributed by atoms with E-state index in [4.69, 9.17) is 4.74 Å². The molecule has 0 amide bonds. The highest BCUT2D eigenvalue weighted by molar-refractivity contribution is 7.10. The van der Waals surface area contributed by atoms with Crippen LogP contribution in [0.25, 0.3) is 93.7 Å². The van der Waals surface area contributed by atoms with E-state index in [-0.39, 0.29) is 33.2 Å². The van der Waals surface area contributed by atoms with E-state index in [2.05, 4.69) is 146 Å². The third-order valence-electron chi connectivity index (χ3n) is 24.4. The van der Waals surface area contributed by atoms with Crippen molar-refractivity contribution >= 4 is 76.6 Å². The van der Waals surface area contributed by atoms with E-state index in [9.17, 15) is 24.0 Å². The van der Waals surface area contributed by atoms with E-state index in [1.165, 1.54) is 5.56 Å². The number of aryl methyl sites for hydroxylation is 10. The summed E-state index contributed by atoms with van der Waals surface area (Å²) in [5.74, 6) is 36.1. The Balaban J connectivity index is 0.000000124. The zero-order chi connectivity index (χ0) is 101. The number of pyridine rings is 1. The van der Waals surface area contributed by atoms with Gasteiger partial charge in [0.1, 0.15) is 34.9 Å². The van der Waals surface area contributed by atoms with Crippen molar-refractivity contribution < 1.29 is 4.74 Å². The fourth-order valence-corrected chi connectivity index (χ4v) is 17.6. The molecular weight excluding hydrogens is 1800 g/mol. The highest BCUT2D eigenvalue weighted by Gasteiger charge is 2.20. The van der Waals surface area contributed by atoms with E-state index in [1.54, 1.807) is 53.7 Å². The summed E-state index contributed by atoms with van der Waals surface area (Å²) in [6.07, 6.45) is 3.46. The minimum atomic E-state index is -0.0622. The van der Waals surface area contributed by atoms with Gasteiger partial charge < -0.3 is 4.74 Å². The number of methoxy groups -OCH3 is 1. The summed E-state index contributed by atoms with van der Waals surface area (Å²) in [6, 6.07) is 105. The molecule has 17 nitrogen and oxygen atoms in total. The molecule has 14 aromatic carbocycles. The molecule has 7 aromatic heterocycles. The molecule has 0 spiro atoms. The Morgan fingerprint density at radius 1 is 0.264 bits per heavy atom. The average molecular weight is 1900 g/mol. The number of aromatic nitrogens is 11. The zero-order valence-corrected chi connectivity index (χ0v) is 83.0. The molecule has 18 heteroatoms. The number of benzene rings is 14. The Morgan fingerprint density at radius 3 is 0.854 bits per heavy atom. The largest absolute Gasteiger partial charge is 0.497 e. The predicted octanol–water partition coefficient (Wildman–Crippen LogP) is 23.9. The van der Waals surface area contributed by atoms with Gasteiger partial charge in [0.2, 0.25) is 0 Å². The van der Waals surface area contributed by atoms with Crippen LogP contribution in [-0.4, -0.2) is 59.8 Å². The molecule has 21 aromatic rings. The molecule has 0 aliphatic heterocycles. The van der Waals surface area contributed by atoms with Crippen LogP contribution < -0.4 is 32.5 Å². The topological polar surface area (TPSA) is 197 Å². The van der Waals surface area contributed by atoms with Gasteiger partial charge >= 0.3 is 0 Å². The molecule has 0 atom stereocenters. The van der Waals surface area contributed by atoms with E-state index in [0.29, 0.717) is 67.1 Å². The van der Waals surface area contributed by atoms with Gasteiger partial charge in [0.15, 0.2) is 0 Å². The number of ether oxygens (including phenoxy) is 1. The lowest BCUT2D eigenvalue weighted by atomic mass is 9.87. The van der Waals surface area contributed by atoms with Crippen LogP contribution in [0.1, 0.15) is 138 Å². The highest BCUT2D eigenvalue weighted by atomic mass is 32.1. The Bertz CT molecular complexity index is 9070. The number of fused-ring (bicyclic) bond motifs is 6. The predicted molar refractivity (Wildman–Crippen MR) is 585 cm³/mol. The second kappa shape index (κ2) is 43.3. The number of hydrogen-bond acceptors (Lipinski definition) is 13. The standard InChI is InChI=1S/C29H22N2O2.C28H26N2O.C24H18N2O.C23H17N3O.C22H16N2OS/c1-19-16-21(8-9-22-10-12-24-18-25(33-3)14-13-23(24)17-22)11-15-28(19)31-20(2)30-27-7-5-4-6-26(27)29(31)32;1-19-18-22(11-10-21-12-15-23(16-13-21)28(3,4)5)14-17-26(19)30-20(2)29-25-9-7-6-8-24(25)27(30)31;1-17-16-20(13-12-19-8-4-3-5-9-19)14-15-23(17)26-18(2)25-22-11-7-6-10-21(22)24(26)27;1-16-14-18(9-10-19-6-5-13-24-15-19)11-12-22(16)26-17(2)25-21-8-4-3-7-20(21)23(26)27;1-15-14-17(9-11-18-6-5-13-26-18)10-12-21(15)24-16(2)23-20-8-4-3-7-19(20)22(24)25/h4-7,10-18H,1-3H3;6-9,12-18H,1-5H3;3-11,14-16H,1-2H3;3-8,11-15H,1-2H3;3-8,10,12-14H,1-2H3. The Labute approximate surface area is 838 Å². The summed E-state index contributed by atoms with van der Waals surface area (Å²) in [4.78, 5) is 93.2. The third-order valence-corrected chi connectivity index (χ3v) is 25.2. The van der Waals surface area contributed by atoms with E-state index < -0.39 is 0 Å². The van der Waals surface area contributed by atoms with Crippen molar-refractivity contribution in [3.05, 3.63) is 515 Å². The quantitative estimate of drug-likeness (QED) is 0.143. The summed E-state index contributed by atoms with van der Waals surface area (Å²) >= 11 is 1.62. The van der Waals surface area contributed by atoms with Gasteiger partial charge in [-0.05, 0) is 343 Å². The molecular formula is C126H99N11O6S. The molecule has 0 bridgehead atoms. The lowest BCUT2D eigenvalue weighted by Crippen LogP contribution is -2.23. The van der Waals surface area contributed by atoms with E-state index >= 15 is 0 Å². The van der Waals surface area contributed by atoms with Gasteiger partial charge in [-0.15, -0.1) is 11.3 Å². The van der Waals surface area contributed by atoms with Crippen LogP contribution in [0.5, 0.6) is 5.75 Å². The minimum Gasteiger partial charge on any atom is -0.497 e. The fraction of sp³-hybridized carbons (Fsp3) is 0.119. The summed E-state index contributed by atoms with van der Waals surface area (Å²) in [6.45, 7) is 25.9. The second-order valence-electron chi connectivity index (χ2n) is 35.7. The smallest absolute Gasteiger partial charge is 0.265 e. The molecule has 700 valence electrons. The summed E-state index contributed by atoms with van der Waals surface area (Å²) in [5.41, 5.74) is 22.1. The van der Waals surface area contributed by atoms with Crippen molar-refractivity contribution in [2.75, 3.05) is 7.11 Å². The molecule has 0 aliphatic rings. The molecule has 21 rings (SSSR count). The first-order valence-corrected chi connectivity index (χ1v) is 47.8. The maximum absolute atomic E-state index is 13.1. The normalized spacial score (nSPS) is 10.7. The number of thiophene rings is 1. The maximum Gasteiger partial charge on any atom is 0.265 e. The maximum atomic E-state index is 13.1. The lowest BCUT2D eigenvalue weighted by Gasteiger charge is -2.18. The molecule has 0 aliphatic carbocycles. The molecule has 0 N–H and O–H groups in total. The number of hydrogen-bond donors (Lipinski definition) is 0. The third kappa shape index (κ3) is 22.1. The molecule has 0 saturated carbocycles. The van der Waals surface area contributed by atoms with Crippen molar-refractivity contribution in [3.8, 4) is 93.4 Å². The van der Waals surface area contributed by atoms with Crippen LogP contribution in [0.3, 0.4) is 0 Å².